The Labute approximate surface area is 132 Å². The van der Waals surface area contributed by atoms with Crippen molar-refractivity contribution in [2.24, 2.45) is 5.73 Å². The average molecular weight is 325 g/mol. The van der Waals surface area contributed by atoms with Crippen LogP contribution >= 0.6 is 0 Å². The van der Waals surface area contributed by atoms with Gasteiger partial charge in [-0.2, -0.15) is 17.0 Å². The standard InChI is InChI=1S/C15H23N3O3S/c1-3-4-9-17(2)22(20,21)18-11-13-8-6-5-7-12(13)10-14(18)15(16)19/h5-8,14H,3-4,9-11H2,1-2H3,(H2,16,19)/t14-/m1/s1. The number of amides is 1. The maximum Gasteiger partial charge on any atom is 0.282 e. The van der Waals surface area contributed by atoms with E-state index < -0.39 is 22.2 Å². The summed E-state index contributed by atoms with van der Waals surface area (Å²) in [7, 11) is -2.16. The molecule has 7 heteroatoms. The number of hydrogen-bond acceptors (Lipinski definition) is 3. The molecule has 0 aromatic heterocycles. The molecule has 22 heavy (non-hydrogen) atoms. The Hall–Kier alpha value is -1.44. The van der Waals surface area contributed by atoms with Crippen LogP contribution in [-0.2, 0) is 28.0 Å². The quantitative estimate of drug-likeness (QED) is 0.842. The van der Waals surface area contributed by atoms with Gasteiger partial charge in [0.05, 0.1) is 0 Å². The molecule has 2 rings (SSSR count). The van der Waals surface area contributed by atoms with Gasteiger partial charge in [-0.15, -0.1) is 0 Å². The molecule has 0 bridgehead atoms. The summed E-state index contributed by atoms with van der Waals surface area (Å²) in [5.41, 5.74) is 7.35. The lowest BCUT2D eigenvalue weighted by Crippen LogP contribution is -2.54. The molecule has 0 saturated carbocycles. The smallest absolute Gasteiger partial charge is 0.282 e. The van der Waals surface area contributed by atoms with Gasteiger partial charge in [-0.1, -0.05) is 37.6 Å². The molecule has 0 spiro atoms. The van der Waals surface area contributed by atoms with Crippen molar-refractivity contribution in [2.75, 3.05) is 13.6 Å². The minimum atomic E-state index is -3.71. The first-order chi connectivity index (χ1) is 10.4. The van der Waals surface area contributed by atoms with Gasteiger partial charge in [0, 0.05) is 20.1 Å². The molecule has 1 amide bonds. The van der Waals surface area contributed by atoms with Crippen molar-refractivity contribution < 1.29 is 13.2 Å². The fraction of sp³-hybridized carbons (Fsp3) is 0.533. The van der Waals surface area contributed by atoms with E-state index in [2.05, 4.69) is 0 Å². The Bertz CT molecular complexity index is 645. The molecule has 122 valence electrons. The zero-order valence-electron chi connectivity index (χ0n) is 13.0. The molecule has 1 aromatic carbocycles. The highest BCUT2D eigenvalue weighted by Crippen LogP contribution is 2.26. The Balaban J connectivity index is 2.33. The van der Waals surface area contributed by atoms with Crippen molar-refractivity contribution in [3.05, 3.63) is 35.4 Å². The molecule has 6 nitrogen and oxygen atoms in total. The lowest BCUT2D eigenvalue weighted by atomic mass is 9.96. The minimum Gasteiger partial charge on any atom is -0.368 e. The Kier molecular flexibility index (Phi) is 5.20. The number of nitrogens with two attached hydrogens (primary N) is 1. The van der Waals surface area contributed by atoms with E-state index >= 15 is 0 Å². The van der Waals surface area contributed by atoms with E-state index in [9.17, 15) is 13.2 Å². The summed E-state index contributed by atoms with van der Waals surface area (Å²) in [5.74, 6) is -0.609. The molecule has 0 aliphatic carbocycles. The molecule has 1 aliphatic heterocycles. The molecule has 0 saturated heterocycles. The van der Waals surface area contributed by atoms with E-state index in [0.717, 1.165) is 24.0 Å². The Morgan fingerprint density at radius 3 is 2.59 bits per heavy atom. The van der Waals surface area contributed by atoms with Crippen molar-refractivity contribution >= 4 is 16.1 Å². The van der Waals surface area contributed by atoms with E-state index in [-0.39, 0.29) is 6.54 Å². The highest BCUT2D eigenvalue weighted by Gasteiger charge is 2.39. The molecule has 0 fully saturated rings. The van der Waals surface area contributed by atoms with Crippen molar-refractivity contribution in [1.29, 1.82) is 0 Å². The molecule has 1 aromatic rings. The average Bonchev–Trinajstić information content (AvgIpc) is 2.51. The maximum atomic E-state index is 12.8. The van der Waals surface area contributed by atoms with Crippen LogP contribution in [0.15, 0.2) is 24.3 Å². The third-order valence-corrected chi connectivity index (χ3v) is 6.00. The first kappa shape index (κ1) is 16.9. The zero-order valence-corrected chi connectivity index (χ0v) is 13.8. The fourth-order valence-electron chi connectivity index (χ4n) is 2.66. The molecular formula is C15H23N3O3S. The van der Waals surface area contributed by atoms with E-state index in [1.807, 2.05) is 31.2 Å². The number of unbranched alkanes of at least 4 members (excludes halogenated alkanes) is 1. The second kappa shape index (κ2) is 6.76. The summed E-state index contributed by atoms with van der Waals surface area (Å²) < 4.78 is 28.1. The minimum absolute atomic E-state index is 0.183. The van der Waals surface area contributed by atoms with Gasteiger partial charge in [0.2, 0.25) is 5.91 Å². The Morgan fingerprint density at radius 1 is 1.36 bits per heavy atom. The SMILES string of the molecule is CCCCN(C)S(=O)(=O)N1Cc2ccccc2C[C@@H]1C(N)=O. The summed E-state index contributed by atoms with van der Waals surface area (Å²) in [6.07, 6.45) is 2.01. The number of hydrogen-bond donors (Lipinski definition) is 1. The summed E-state index contributed by atoms with van der Waals surface area (Å²) >= 11 is 0. The largest absolute Gasteiger partial charge is 0.368 e. The molecular weight excluding hydrogens is 302 g/mol. The summed E-state index contributed by atoms with van der Waals surface area (Å²) in [6, 6.07) is 6.73. The van der Waals surface area contributed by atoms with Crippen molar-refractivity contribution in [2.45, 2.75) is 38.8 Å². The van der Waals surface area contributed by atoms with Gasteiger partial charge in [0.15, 0.2) is 0 Å². The topological polar surface area (TPSA) is 83.7 Å². The molecule has 2 N–H and O–H groups in total. The van der Waals surface area contributed by atoms with Crippen molar-refractivity contribution in [3.8, 4) is 0 Å². The van der Waals surface area contributed by atoms with E-state index in [0.29, 0.717) is 13.0 Å². The van der Waals surface area contributed by atoms with Crippen LogP contribution in [0.25, 0.3) is 0 Å². The van der Waals surface area contributed by atoms with Crippen LogP contribution in [0.4, 0.5) is 0 Å². The first-order valence-electron chi connectivity index (χ1n) is 7.47. The van der Waals surface area contributed by atoms with Crippen molar-refractivity contribution in [3.63, 3.8) is 0 Å². The lowest BCUT2D eigenvalue weighted by molar-refractivity contribution is -0.122. The highest BCUT2D eigenvalue weighted by atomic mass is 32.2. The molecule has 1 atom stereocenters. The van der Waals surface area contributed by atoms with Gasteiger partial charge in [-0.25, -0.2) is 0 Å². The number of carbonyl (C=O) groups is 1. The van der Waals surface area contributed by atoms with Crippen LogP contribution in [0.5, 0.6) is 0 Å². The normalized spacial score (nSPS) is 19.1. The number of carbonyl (C=O) groups excluding carboxylic acids is 1. The monoisotopic (exact) mass is 325 g/mol. The zero-order chi connectivity index (χ0) is 16.3. The first-order valence-corrected chi connectivity index (χ1v) is 8.86. The second-order valence-electron chi connectivity index (χ2n) is 5.62. The van der Waals surface area contributed by atoms with Crippen LogP contribution < -0.4 is 5.73 Å². The molecule has 0 unspecified atom stereocenters. The van der Waals surface area contributed by atoms with Crippen molar-refractivity contribution in [1.82, 2.24) is 8.61 Å². The van der Waals surface area contributed by atoms with Gasteiger partial charge in [-0.3, -0.25) is 4.79 Å². The van der Waals surface area contributed by atoms with Gasteiger partial charge in [-0.05, 0) is 24.0 Å². The predicted molar refractivity (Wildman–Crippen MR) is 85.1 cm³/mol. The van der Waals surface area contributed by atoms with Crippen LogP contribution in [0, 0.1) is 0 Å². The maximum absolute atomic E-state index is 12.8. The lowest BCUT2D eigenvalue weighted by Gasteiger charge is -2.36. The number of nitrogens with zero attached hydrogens (tertiary/aromatic N) is 2. The van der Waals surface area contributed by atoms with Gasteiger partial charge < -0.3 is 5.73 Å². The Morgan fingerprint density at radius 2 is 2.00 bits per heavy atom. The van der Waals surface area contributed by atoms with E-state index in [1.54, 1.807) is 7.05 Å². The fourth-order valence-corrected chi connectivity index (χ4v) is 4.18. The number of rotatable bonds is 6. The van der Waals surface area contributed by atoms with Gasteiger partial charge >= 0.3 is 0 Å². The highest BCUT2D eigenvalue weighted by molar-refractivity contribution is 7.86. The van der Waals surface area contributed by atoms with Crippen LogP contribution in [-0.4, -0.2) is 42.6 Å². The molecule has 1 aliphatic rings. The van der Waals surface area contributed by atoms with E-state index in [1.165, 1.54) is 8.61 Å². The molecule has 0 radical (unpaired) electrons. The predicted octanol–water partition coefficient (Wildman–Crippen LogP) is 0.875. The summed E-state index contributed by atoms with van der Waals surface area (Å²) in [6.45, 7) is 2.62. The summed E-state index contributed by atoms with van der Waals surface area (Å²) in [5, 5.41) is 0. The third-order valence-electron chi connectivity index (χ3n) is 4.05. The van der Waals surface area contributed by atoms with Gasteiger partial charge in [0.1, 0.15) is 6.04 Å². The number of fused-ring (bicyclic) bond motifs is 1. The van der Waals surface area contributed by atoms with Crippen LogP contribution in [0.1, 0.15) is 30.9 Å². The number of primary amides is 1. The number of benzene rings is 1. The van der Waals surface area contributed by atoms with Crippen LogP contribution in [0.3, 0.4) is 0 Å². The summed E-state index contributed by atoms with van der Waals surface area (Å²) in [4.78, 5) is 11.8. The third kappa shape index (κ3) is 3.31. The molecule has 1 heterocycles. The van der Waals surface area contributed by atoms with Gasteiger partial charge in [0.25, 0.3) is 10.2 Å². The van der Waals surface area contributed by atoms with E-state index in [4.69, 9.17) is 5.73 Å². The van der Waals surface area contributed by atoms with Crippen LogP contribution in [0.2, 0.25) is 0 Å². The second-order valence-corrected chi connectivity index (χ2v) is 7.61.